The van der Waals surface area contributed by atoms with E-state index >= 15 is 0 Å². The Morgan fingerprint density at radius 3 is 2.36 bits per heavy atom. The summed E-state index contributed by atoms with van der Waals surface area (Å²) in [6.07, 6.45) is 8.07. The molecule has 0 N–H and O–H groups in total. The molecule has 6 nitrogen and oxygen atoms in total. The van der Waals surface area contributed by atoms with E-state index in [0.717, 1.165) is 29.8 Å². The van der Waals surface area contributed by atoms with Crippen LogP contribution in [0.5, 0.6) is 0 Å². The fourth-order valence-corrected chi connectivity index (χ4v) is 5.43. The van der Waals surface area contributed by atoms with E-state index in [1.807, 2.05) is 38.2 Å². The SMILES string of the molecule is C[C@H](C(=O)N1CCC(Cc2cccc(-c3cccnc3)c2)(C(=O)N(C)C)CC1)N1CCCC1. The van der Waals surface area contributed by atoms with Crippen LogP contribution in [-0.2, 0) is 16.0 Å². The Morgan fingerprint density at radius 2 is 1.73 bits per heavy atom. The molecule has 2 aliphatic rings. The highest BCUT2D eigenvalue weighted by Crippen LogP contribution is 2.38. The van der Waals surface area contributed by atoms with E-state index in [1.54, 1.807) is 11.1 Å². The van der Waals surface area contributed by atoms with Crippen molar-refractivity contribution in [2.75, 3.05) is 40.3 Å². The Balaban J connectivity index is 1.50. The molecule has 4 rings (SSSR count). The van der Waals surface area contributed by atoms with Gasteiger partial charge in [-0.05, 0) is 74.9 Å². The van der Waals surface area contributed by atoms with Gasteiger partial charge in [0.25, 0.3) is 0 Å². The van der Waals surface area contributed by atoms with Crippen molar-refractivity contribution in [2.24, 2.45) is 5.41 Å². The van der Waals surface area contributed by atoms with E-state index in [9.17, 15) is 9.59 Å². The Hall–Kier alpha value is -2.73. The lowest BCUT2D eigenvalue weighted by Crippen LogP contribution is -2.54. The molecule has 33 heavy (non-hydrogen) atoms. The third-order valence-electron chi connectivity index (χ3n) is 7.40. The number of nitrogens with zero attached hydrogens (tertiary/aromatic N) is 4. The van der Waals surface area contributed by atoms with Crippen molar-refractivity contribution in [2.45, 2.75) is 45.1 Å². The van der Waals surface area contributed by atoms with Crippen LogP contribution in [0.15, 0.2) is 48.8 Å². The van der Waals surface area contributed by atoms with E-state index in [4.69, 9.17) is 0 Å². The molecule has 1 aromatic heterocycles. The van der Waals surface area contributed by atoms with Crippen LogP contribution in [0.3, 0.4) is 0 Å². The van der Waals surface area contributed by atoms with Crippen molar-refractivity contribution in [3.05, 3.63) is 54.4 Å². The van der Waals surface area contributed by atoms with E-state index in [0.29, 0.717) is 32.4 Å². The van der Waals surface area contributed by atoms with Gasteiger partial charge in [-0.2, -0.15) is 0 Å². The van der Waals surface area contributed by atoms with Gasteiger partial charge in [-0.15, -0.1) is 0 Å². The van der Waals surface area contributed by atoms with Crippen molar-refractivity contribution in [3.8, 4) is 11.1 Å². The highest BCUT2D eigenvalue weighted by atomic mass is 16.2. The number of hydrogen-bond acceptors (Lipinski definition) is 4. The number of benzene rings is 1. The molecule has 0 radical (unpaired) electrons. The van der Waals surface area contributed by atoms with Gasteiger partial charge in [-0.25, -0.2) is 0 Å². The maximum atomic E-state index is 13.4. The van der Waals surface area contributed by atoms with Gasteiger partial charge in [0.15, 0.2) is 0 Å². The largest absolute Gasteiger partial charge is 0.348 e. The van der Waals surface area contributed by atoms with Crippen LogP contribution in [0, 0.1) is 5.41 Å². The quantitative estimate of drug-likeness (QED) is 0.679. The summed E-state index contributed by atoms with van der Waals surface area (Å²) in [7, 11) is 3.67. The van der Waals surface area contributed by atoms with Gasteiger partial charge in [-0.1, -0.05) is 30.3 Å². The number of pyridine rings is 1. The van der Waals surface area contributed by atoms with E-state index in [1.165, 1.54) is 12.8 Å². The van der Waals surface area contributed by atoms with Gasteiger partial charge in [0, 0.05) is 39.6 Å². The Bertz CT molecular complexity index is 961. The molecule has 2 aromatic rings. The third-order valence-corrected chi connectivity index (χ3v) is 7.40. The molecular formula is C27H36N4O2. The number of carbonyl (C=O) groups excluding carboxylic acids is 2. The molecule has 3 heterocycles. The summed E-state index contributed by atoms with van der Waals surface area (Å²) in [6, 6.07) is 12.4. The summed E-state index contributed by atoms with van der Waals surface area (Å²) in [5.74, 6) is 0.371. The monoisotopic (exact) mass is 448 g/mol. The molecule has 176 valence electrons. The summed E-state index contributed by atoms with van der Waals surface area (Å²) >= 11 is 0. The summed E-state index contributed by atoms with van der Waals surface area (Å²) in [6.45, 7) is 5.33. The first kappa shape index (κ1) is 23.4. The molecule has 1 aromatic carbocycles. The van der Waals surface area contributed by atoms with Crippen LogP contribution in [-0.4, -0.2) is 77.8 Å². The lowest BCUT2D eigenvalue weighted by Gasteiger charge is -2.43. The van der Waals surface area contributed by atoms with E-state index < -0.39 is 5.41 Å². The van der Waals surface area contributed by atoms with Crippen LogP contribution in [0.2, 0.25) is 0 Å². The second kappa shape index (κ2) is 10.0. The van der Waals surface area contributed by atoms with Gasteiger partial charge >= 0.3 is 0 Å². The molecule has 2 amide bonds. The van der Waals surface area contributed by atoms with Crippen molar-refractivity contribution in [1.29, 1.82) is 0 Å². The first-order valence-corrected chi connectivity index (χ1v) is 12.1. The van der Waals surface area contributed by atoms with Crippen molar-refractivity contribution in [3.63, 3.8) is 0 Å². The molecule has 2 saturated heterocycles. The summed E-state index contributed by atoms with van der Waals surface area (Å²) < 4.78 is 0. The standard InChI is InChI=1S/C27H36N4O2/c1-21(30-14-4-5-15-30)25(32)31-16-11-27(12-17-31,26(33)29(2)3)19-22-8-6-9-23(18-22)24-10-7-13-28-20-24/h6-10,13,18,20-21H,4-5,11-12,14-17,19H2,1-3H3/t21-/m1/s1. The minimum Gasteiger partial charge on any atom is -0.348 e. The molecule has 0 spiro atoms. The van der Waals surface area contributed by atoms with Gasteiger partial charge in [0.05, 0.1) is 11.5 Å². The van der Waals surface area contributed by atoms with Crippen molar-refractivity contribution in [1.82, 2.24) is 19.7 Å². The number of piperidine rings is 1. The Morgan fingerprint density at radius 1 is 1.03 bits per heavy atom. The third kappa shape index (κ3) is 5.11. The minimum absolute atomic E-state index is 0.0688. The van der Waals surface area contributed by atoms with Crippen molar-refractivity contribution < 1.29 is 9.59 Å². The molecular weight excluding hydrogens is 412 g/mol. The molecule has 0 saturated carbocycles. The topological polar surface area (TPSA) is 56.8 Å². The zero-order valence-electron chi connectivity index (χ0n) is 20.2. The molecule has 1 atom stereocenters. The predicted molar refractivity (Wildman–Crippen MR) is 131 cm³/mol. The fraction of sp³-hybridized carbons (Fsp3) is 0.519. The number of amides is 2. The Kier molecular flexibility index (Phi) is 7.13. The van der Waals surface area contributed by atoms with E-state index in [-0.39, 0.29) is 17.9 Å². The molecule has 0 bridgehead atoms. The summed E-state index contributed by atoms with van der Waals surface area (Å²) in [4.78, 5) is 36.8. The van der Waals surface area contributed by atoms with E-state index in [2.05, 4.69) is 40.2 Å². The van der Waals surface area contributed by atoms with Crippen LogP contribution in [0.25, 0.3) is 11.1 Å². The average Bonchev–Trinajstić information content (AvgIpc) is 3.39. The number of carbonyl (C=O) groups is 2. The average molecular weight is 449 g/mol. The first-order valence-electron chi connectivity index (χ1n) is 12.1. The van der Waals surface area contributed by atoms with Gasteiger partial charge in [-0.3, -0.25) is 19.5 Å². The van der Waals surface area contributed by atoms with Crippen LogP contribution in [0.1, 0.15) is 38.2 Å². The normalized spacial score (nSPS) is 19.3. The Labute approximate surface area is 197 Å². The smallest absolute Gasteiger partial charge is 0.239 e. The summed E-state index contributed by atoms with van der Waals surface area (Å²) in [5.41, 5.74) is 2.85. The van der Waals surface area contributed by atoms with Gasteiger partial charge in [0.2, 0.25) is 11.8 Å². The lowest BCUT2D eigenvalue weighted by molar-refractivity contribution is -0.147. The van der Waals surface area contributed by atoms with Crippen LogP contribution < -0.4 is 0 Å². The maximum absolute atomic E-state index is 13.4. The number of likely N-dealkylation sites (tertiary alicyclic amines) is 2. The molecule has 0 aliphatic carbocycles. The maximum Gasteiger partial charge on any atom is 0.239 e. The van der Waals surface area contributed by atoms with Crippen LogP contribution in [0.4, 0.5) is 0 Å². The fourth-order valence-electron chi connectivity index (χ4n) is 5.43. The lowest BCUT2D eigenvalue weighted by atomic mass is 9.72. The minimum atomic E-state index is -0.481. The number of aromatic nitrogens is 1. The molecule has 6 heteroatoms. The van der Waals surface area contributed by atoms with Gasteiger partial charge < -0.3 is 9.80 Å². The van der Waals surface area contributed by atoms with Crippen LogP contribution >= 0.6 is 0 Å². The highest BCUT2D eigenvalue weighted by molar-refractivity contribution is 5.85. The zero-order valence-corrected chi connectivity index (χ0v) is 20.2. The molecule has 0 unspecified atom stereocenters. The molecule has 2 aliphatic heterocycles. The predicted octanol–water partition coefficient (Wildman–Crippen LogP) is 3.47. The number of hydrogen-bond donors (Lipinski definition) is 0. The number of rotatable bonds is 6. The second-order valence-corrected chi connectivity index (χ2v) is 9.84. The zero-order chi connectivity index (χ0) is 23.4. The highest BCUT2D eigenvalue weighted by Gasteiger charge is 2.44. The van der Waals surface area contributed by atoms with Crippen molar-refractivity contribution >= 4 is 11.8 Å². The summed E-state index contributed by atoms with van der Waals surface area (Å²) in [5, 5.41) is 0. The second-order valence-electron chi connectivity index (χ2n) is 9.84. The van der Waals surface area contributed by atoms with Gasteiger partial charge in [0.1, 0.15) is 0 Å². The first-order chi connectivity index (χ1) is 15.9. The molecule has 2 fully saturated rings.